The SMILES string of the molecule is CC1(C(=O)NCC2CC3c4ccccc4C2c2ccccc23)CC1(Cl)Cl. The molecule has 0 heterocycles. The molecule has 4 heteroatoms. The summed E-state index contributed by atoms with van der Waals surface area (Å²) in [5.74, 6) is 1.14. The fourth-order valence-electron chi connectivity index (χ4n) is 5.02. The lowest BCUT2D eigenvalue weighted by Crippen LogP contribution is -2.42. The topological polar surface area (TPSA) is 29.1 Å². The summed E-state index contributed by atoms with van der Waals surface area (Å²) in [4.78, 5) is 12.6. The van der Waals surface area contributed by atoms with Crippen molar-refractivity contribution in [3.63, 3.8) is 0 Å². The minimum Gasteiger partial charge on any atom is -0.355 e. The lowest BCUT2D eigenvalue weighted by Gasteiger charge is -2.45. The van der Waals surface area contributed by atoms with Crippen molar-refractivity contribution in [1.29, 1.82) is 0 Å². The molecule has 2 nitrogen and oxygen atoms in total. The van der Waals surface area contributed by atoms with Gasteiger partial charge in [0.1, 0.15) is 4.33 Å². The summed E-state index contributed by atoms with van der Waals surface area (Å²) in [5, 5.41) is 3.15. The summed E-state index contributed by atoms with van der Waals surface area (Å²) in [5.41, 5.74) is 5.09. The van der Waals surface area contributed by atoms with Crippen LogP contribution in [0.15, 0.2) is 48.5 Å². The molecule has 2 aromatic carbocycles. The highest BCUT2D eigenvalue weighted by molar-refractivity contribution is 6.53. The second-order valence-electron chi connectivity index (χ2n) is 8.21. The standard InChI is InChI=1S/C22H21Cl2NO/c1-21(12-22(21,23)24)20(26)25-11-13-10-18-14-6-2-4-8-16(14)19(13)17-9-5-3-7-15(17)18/h2-9,13,18-19H,10-12H2,1H3,(H,25,26). The van der Waals surface area contributed by atoms with Crippen molar-refractivity contribution in [2.24, 2.45) is 11.3 Å². The highest BCUT2D eigenvalue weighted by Crippen LogP contribution is 2.64. The van der Waals surface area contributed by atoms with Gasteiger partial charge in [0.15, 0.2) is 0 Å². The molecule has 26 heavy (non-hydrogen) atoms. The molecule has 1 amide bonds. The van der Waals surface area contributed by atoms with Gasteiger partial charge in [0, 0.05) is 18.4 Å². The molecule has 2 bridgehead atoms. The highest BCUT2D eigenvalue weighted by Gasteiger charge is 2.67. The Morgan fingerprint density at radius 3 is 2.04 bits per heavy atom. The fourth-order valence-corrected chi connectivity index (χ4v) is 5.73. The molecule has 0 radical (unpaired) electrons. The van der Waals surface area contributed by atoms with Gasteiger partial charge in [0.2, 0.25) is 5.91 Å². The van der Waals surface area contributed by atoms with Crippen molar-refractivity contribution in [3.05, 3.63) is 70.8 Å². The van der Waals surface area contributed by atoms with Crippen LogP contribution in [0.3, 0.4) is 0 Å². The van der Waals surface area contributed by atoms with Crippen molar-refractivity contribution >= 4 is 29.1 Å². The summed E-state index contributed by atoms with van der Waals surface area (Å²) in [6.07, 6.45) is 1.60. The number of alkyl halides is 2. The Kier molecular flexibility index (Phi) is 3.52. The van der Waals surface area contributed by atoms with Crippen molar-refractivity contribution in [1.82, 2.24) is 5.32 Å². The second kappa shape index (κ2) is 5.50. The zero-order valence-electron chi connectivity index (χ0n) is 14.6. The average Bonchev–Trinajstić information content (AvgIpc) is 3.19. The minimum absolute atomic E-state index is 0.0227. The van der Waals surface area contributed by atoms with Crippen LogP contribution in [0.2, 0.25) is 0 Å². The van der Waals surface area contributed by atoms with Gasteiger partial charge in [-0.05, 0) is 47.9 Å². The zero-order valence-corrected chi connectivity index (χ0v) is 16.1. The molecule has 6 rings (SSSR count). The maximum atomic E-state index is 12.6. The number of rotatable bonds is 3. The molecule has 1 N–H and O–H groups in total. The van der Waals surface area contributed by atoms with Crippen molar-refractivity contribution < 1.29 is 4.79 Å². The van der Waals surface area contributed by atoms with Gasteiger partial charge >= 0.3 is 0 Å². The van der Waals surface area contributed by atoms with Crippen LogP contribution >= 0.6 is 23.2 Å². The highest BCUT2D eigenvalue weighted by atomic mass is 35.5. The van der Waals surface area contributed by atoms with E-state index in [1.165, 1.54) is 22.3 Å². The molecular weight excluding hydrogens is 365 g/mol. The quantitative estimate of drug-likeness (QED) is 0.741. The van der Waals surface area contributed by atoms with E-state index in [0.717, 1.165) is 6.42 Å². The largest absolute Gasteiger partial charge is 0.355 e. The Balaban J connectivity index is 1.43. The number of amides is 1. The monoisotopic (exact) mass is 385 g/mol. The third-order valence-electron chi connectivity index (χ3n) is 6.71. The van der Waals surface area contributed by atoms with E-state index >= 15 is 0 Å². The van der Waals surface area contributed by atoms with Gasteiger partial charge in [-0.1, -0.05) is 48.5 Å². The van der Waals surface area contributed by atoms with Crippen LogP contribution in [-0.4, -0.2) is 16.8 Å². The van der Waals surface area contributed by atoms with Crippen LogP contribution in [0.4, 0.5) is 0 Å². The van der Waals surface area contributed by atoms with Gasteiger partial charge in [-0.2, -0.15) is 0 Å². The Morgan fingerprint density at radius 2 is 1.54 bits per heavy atom. The molecule has 0 saturated heterocycles. The first-order chi connectivity index (χ1) is 12.4. The summed E-state index contributed by atoms with van der Waals surface area (Å²) < 4.78 is -0.915. The molecule has 2 aromatic rings. The van der Waals surface area contributed by atoms with Crippen molar-refractivity contribution in [2.45, 2.75) is 35.9 Å². The number of halogens is 2. The maximum Gasteiger partial charge on any atom is 0.229 e. The van der Waals surface area contributed by atoms with E-state index in [1.807, 2.05) is 6.92 Å². The van der Waals surface area contributed by atoms with E-state index in [9.17, 15) is 4.79 Å². The molecular formula is C22H21Cl2NO. The zero-order chi connectivity index (χ0) is 18.1. The van der Waals surface area contributed by atoms with E-state index in [-0.39, 0.29) is 5.91 Å². The second-order valence-corrected chi connectivity index (χ2v) is 9.69. The average molecular weight is 386 g/mol. The van der Waals surface area contributed by atoms with E-state index < -0.39 is 9.75 Å². The lowest BCUT2D eigenvalue weighted by atomic mass is 9.59. The summed E-state index contributed by atoms with van der Waals surface area (Å²) in [7, 11) is 0. The Hall–Kier alpha value is -1.51. The predicted octanol–water partition coefficient (Wildman–Crippen LogP) is 4.98. The third kappa shape index (κ3) is 2.21. The Labute approximate surface area is 163 Å². The van der Waals surface area contributed by atoms with Crippen LogP contribution in [0.1, 0.15) is 53.9 Å². The minimum atomic E-state index is -0.915. The van der Waals surface area contributed by atoms with E-state index in [1.54, 1.807) is 0 Å². The number of hydrogen-bond acceptors (Lipinski definition) is 1. The Bertz CT molecular complexity index is 861. The molecule has 2 atom stereocenters. The molecule has 1 fully saturated rings. The molecule has 0 spiro atoms. The first-order valence-electron chi connectivity index (χ1n) is 9.26. The number of fused-ring (bicyclic) bond motifs is 1. The smallest absolute Gasteiger partial charge is 0.229 e. The number of nitrogens with one attached hydrogen (secondary N) is 1. The molecule has 1 saturated carbocycles. The molecule has 4 aliphatic rings. The van der Waals surface area contributed by atoms with Crippen molar-refractivity contribution in [3.8, 4) is 0 Å². The summed E-state index contributed by atoms with van der Waals surface area (Å²) in [6, 6.07) is 17.5. The molecule has 2 unspecified atom stereocenters. The number of hydrogen-bond donors (Lipinski definition) is 1. The fraction of sp³-hybridized carbons (Fsp3) is 0.409. The van der Waals surface area contributed by atoms with Gasteiger partial charge in [-0.25, -0.2) is 0 Å². The van der Waals surface area contributed by atoms with Gasteiger partial charge in [0.25, 0.3) is 0 Å². The normalized spacial score (nSPS) is 32.5. The molecule has 0 aromatic heterocycles. The third-order valence-corrected chi connectivity index (χ3v) is 7.81. The van der Waals surface area contributed by atoms with E-state index in [0.29, 0.717) is 30.7 Å². The summed E-state index contributed by atoms with van der Waals surface area (Å²) >= 11 is 12.3. The Morgan fingerprint density at radius 1 is 1.04 bits per heavy atom. The van der Waals surface area contributed by atoms with Crippen LogP contribution in [0, 0.1) is 11.3 Å². The predicted molar refractivity (Wildman–Crippen MR) is 105 cm³/mol. The van der Waals surface area contributed by atoms with E-state index in [2.05, 4.69) is 53.8 Å². The van der Waals surface area contributed by atoms with Crippen LogP contribution in [0.25, 0.3) is 0 Å². The number of carbonyl (C=O) groups excluding carboxylic acids is 1. The molecule has 4 aliphatic carbocycles. The van der Waals surface area contributed by atoms with Crippen LogP contribution in [-0.2, 0) is 4.79 Å². The summed E-state index contributed by atoms with van der Waals surface area (Å²) in [6.45, 7) is 2.52. The molecule has 134 valence electrons. The van der Waals surface area contributed by atoms with E-state index in [4.69, 9.17) is 23.2 Å². The molecule has 0 aliphatic heterocycles. The number of carbonyl (C=O) groups is 1. The first-order valence-corrected chi connectivity index (χ1v) is 10.0. The van der Waals surface area contributed by atoms with Crippen molar-refractivity contribution in [2.75, 3.05) is 6.54 Å². The van der Waals surface area contributed by atoms with Gasteiger partial charge in [0.05, 0.1) is 5.41 Å². The first kappa shape index (κ1) is 16.6. The van der Waals surface area contributed by atoms with Crippen LogP contribution < -0.4 is 5.32 Å². The van der Waals surface area contributed by atoms with Gasteiger partial charge < -0.3 is 5.32 Å². The van der Waals surface area contributed by atoms with Gasteiger partial charge in [-0.3, -0.25) is 4.79 Å². The number of benzene rings is 2. The van der Waals surface area contributed by atoms with Gasteiger partial charge in [-0.15, -0.1) is 23.2 Å². The van der Waals surface area contributed by atoms with Crippen LogP contribution in [0.5, 0.6) is 0 Å². The maximum absolute atomic E-state index is 12.6. The lowest BCUT2D eigenvalue weighted by molar-refractivity contribution is -0.126.